The summed E-state index contributed by atoms with van der Waals surface area (Å²) >= 11 is 1.33. The van der Waals surface area contributed by atoms with Crippen LogP contribution in [0.25, 0.3) is 10.2 Å². The van der Waals surface area contributed by atoms with Gasteiger partial charge in [0, 0.05) is 19.5 Å². The second-order valence-corrected chi connectivity index (χ2v) is 7.64. The fourth-order valence-corrected chi connectivity index (χ4v) is 3.82. The van der Waals surface area contributed by atoms with Gasteiger partial charge in [-0.3, -0.25) is 14.2 Å². The van der Waals surface area contributed by atoms with Gasteiger partial charge in [-0.05, 0) is 36.6 Å². The van der Waals surface area contributed by atoms with Crippen LogP contribution in [-0.2, 0) is 11.3 Å². The molecule has 2 rings (SSSR count). The van der Waals surface area contributed by atoms with Crippen molar-refractivity contribution in [1.82, 2.24) is 14.9 Å². The van der Waals surface area contributed by atoms with Crippen LogP contribution in [0.4, 0.5) is 0 Å². The third kappa shape index (κ3) is 5.56. The summed E-state index contributed by atoms with van der Waals surface area (Å²) in [6.45, 7) is 5.41. The fourth-order valence-electron chi connectivity index (χ4n) is 3.02. The van der Waals surface area contributed by atoms with Crippen LogP contribution in [0.5, 0.6) is 0 Å². The fraction of sp³-hybridized carbons (Fsp3) is 0.632. The minimum atomic E-state index is -0.382. The number of nitrogens with one attached hydrogen (secondary N) is 2. The number of aromatic amines is 1. The molecule has 144 valence electrons. The summed E-state index contributed by atoms with van der Waals surface area (Å²) in [6, 6.07) is 1.74. The number of thiophene rings is 1. The molecule has 0 fully saturated rings. The number of hydrogen-bond donors (Lipinski definition) is 2. The van der Waals surface area contributed by atoms with Crippen LogP contribution in [-0.4, -0.2) is 22.0 Å². The first-order valence-electron chi connectivity index (χ1n) is 9.53. The topological polar surface area (TPSA) is 84.0 Å². The Hall–Kier alpha value is -1.89. The molecule has 0 aliphatic carbocycles. The van der Waals surface area contributed by atoms with Gasteiger partial charge in [0.15, 0.2) is 0 Å². The van der Waals surface area contributed by atoms with Gasteiger partial charge in [-0.15, -0.1) is 11.3 Å². The SMILES string of the molecule is CCCC[C@@H](CC)CNC(=O)CCCCn1c(=O)[nH]c2ccsc2c1=O. The van der Waals surface area contributed by atoms with Crippen LogP contribution in [0.3, 0.4) is 0 Å². The second kappa shape index (κ2) is 10.3. The molecule has 0 saturated heterocycles. The van der Waals surface area contributed by atoms with E-state index in [2.05, 4.69) is 24.1 Å². The van der Waals surface area contributed by atoms with E-state index in [9.17, 15) is 14.4 Å². The third-order valence-corrected chi connectivity index (χ3v) is 5.66. The maximum atomic E-state index is 12.3. The van der Waals surface area contributed by atoms with Crippen molar-refractivity contribution in [3.8, 4) is 0 Å². The molecule has 0 saturated carbocycles. The second-order valence-electron chi connectivity index (χ2n) is 6.73. The van der Waals surface area contributed by atoms with Crippen molar-refractivity contribution in [1.29, 1.82) is 0 Å². The van der Waals surface area contributed by atoms with Gasteiger partial charge in [0.1, 0.15) is 4.70 Å². The molecule has 7 heteroatoms. The number of fused-ring (bicyclic) bond motifs is 1. The minimum Gasteiger partial charge on any atom is -0.356 e. The normalized spacial score (nSPS) is 12.4. The van der Waals surface area contributed by atoms with Gasteiger partial charge in [0.05, 0.1) is 5.52 Å². The van der Waals surface area contributed by atoms with Crippen molar-refractivity contribution in [2.45, 2.75) is 65.3 Å². The van der Waals surface area contributed by atoms with Crippen LogP contribution in [0, 0.1) is 5.92 Å². The van der Waals surface area contributed by atoms with E-state index in [0.717, 1.165) is 19.4 Å². The Morgan fingerprint density at radius 1 is 1.27 bits per heavy atom. The summed E-state index contributed by atoms with van der Waals surface area (Å²) in [6.07, 6.45) is 6.33. The molecule has 0 aromatic carbocycles. The quantitative estimate of drug-likeness (QED) is 0.588. The Labute approximate surface area is 157 Å². The first-order valence-corrected chi connectivity index (χ1v) is 10.4. The molecule has 0 aliphatic heterocycles. The average molecular weight is 380 g/mol. The Morgan fingerprint density at radius 3 is 2.81 bits per heavy atom. The van der Waals surface area contributed by atoms with E-state index in [1.165, 1.54) is 28.7 Å². The molecule has 2 heterocycles. The standard InChI is InChI=1S/C19H29N3O3S/c1-3-5-8-14(4-2)13-20-16(23)9-6-7-11-22-18(24)17-15(10-12-26-17)21-19(22)25/h10,12,14H,3-9,11,13H2,1-2H3,(H,20,23)(H,21,25)/t14-/m1/s1. The maximum absolute atomic E-state index is 12.3. The minimum absolute atomic E-state index is 0.0508. The van der Waals surface area contributed by atoms with Crippen molar-refractivity contribution < 1.29 is 4.79 Å². The van der Waals surface area contributed by atoms with Gasteiger partial charge in [0.25, 0.3) is 5.56 Å². The number of rotatable bonds is 11. The summed E-state index contributed by atoms with van der Waals surface area (Å²) in [5.41, 5.74) is -0.0360. The Morgan fingerprint density at radius 2 is 2.08 bits per heavy atom. The molecule has 26 heavy (non-hydrogen) atoms. The molecule has 2 aromatic rings. The zero-order chi connectivity index (χ0) is 18.9. The van der Waals surface area contributed by atoms with Crippen LogP contribution < -0.4 is 16.6 Å². The smallest absolute Gasteiger partial charge is 0.328 e. The zero-order valence-electron chi connectivity index (χ0n) is 15.7. The van der Waals surface area contributed by atoms with E-state index in [1.807, 2.05) is 0 Å². The predicted octanol–water partition coefficient (Wildman–Crippen LogP) is 3.25. The molecule has 2 aromatic heterocycles. The number of aromatic nitrogens is 2. The van der Waals surface area contributed by atoms with Crippen LogP contribution in [0.1, 0.15) is 58.8 Å². The molecule has 2 N–H and O–H groups in total. The number of amides is 1. The van der Waals surface area contributed by atoms with E-state index < -0.39 is 0 Å². The number of carbonyl (C=O) groups is 1. The van der Waals surface area contributed by atoms with Crippen molar-refractivity contribution in [3.63, 3.8) is 0 Å². The summed E-state index contributed by atoms with van der Waals surface area (Å²) in [5, 5.41) is 4.80. The van der Waals surface area contributed by atoms with E-state index in [0.29, 0.717) is 41.9 Å². The molecule has 1 atom stereocenters. The van der Waals surface area contributed by atoms with Gasteiger partial charge in [-0.2, -0.15) is 0 Å². The number of carbonyl (C=O) groups excluding carboxylic acids is 1. The van der Waals surface area contributed by atoms with Crippen LogP contribution >= 0.6 is 11.3 Å². The number of nitrogens with zero attached hydrogens (tertiary/aromatic N) is 1. The summed E-state index contributed by atoms with van der Waals surface area (Å²) in [4.78, 5) is 39.0. The highest BCUT2D eigenvalue weighted by Crippen LogP contribution is 2.13. The summed E-state index contributed by atoms with van der Waals surface area (Å²) in [5.74, 6) is 0.600. The third-order valence-electron chi connectivity index (χ3n) is 4.76. The van der Waals surface area contributed by atoms with Gasteiger partial charge in [0.2, 0.25) is 5.91 Å². The van der Waals surface area contributed by atoms with E-state index in [-0.39, 0.29) is 17.2 Å². The zero-order valence-corrected chi connectivity index (χ0v) is 16.5. The highest BCUT2D eigenvalue weighted by molar-refractivity contribution is 7.17. The van der Waals surface area contributed by atoms with Gasteiger partial charge >= 0.3 is 5.69 Å². The van der Waals surface area contributed by atoms with Crippen LogP contribution in [0.2, 0.25) is 0 Å². The van der Waals surface area contributed by atoms with Crippen molar-refractivity contribution >= 4 is 27.5 Å². The predicted molar refractivity (Wildman–Crippen MR) is 107 cm³/mol. The molecule has 1 amide bonds. The highest BCUT2D eigenvalue weighted by Gasteiger charge is 2.10. The summed E-state index contributed by atoms with van der Waals surface area (Å²) in [7, 11) is 0. The van der Waals surface area contributed by atoms with Crippen LogP contribution in [0.15, 0.2) is 21.0 Å². The van der Waals surface area contributed by atoms with Gasteiger partial charge in [-0.1, -0.05) is 33.1 Å². The Kier molecular flexibility index (Phi) is 8.09. The first kappa shape index (κ1) is 20.4. The highest BCUT2D eigenvalue weighted by atomic mass is 32.1. The lowest BCUT2D eigenvalue weighted by Gasteiger charge is -2.15. The lowest BCUT2D eigenvalue weighted by atomic mass is 9.99. The van der Waals surface area contributed by atoms with Gasteiger partial charge < -0.3 is 10.3 Å². The molecule has 0 radical (unpaired) electrons. The van der Waals surface area contributed by atoms with E-state index in [4.69, 9.17) is 0 Å². The maximum Gasteiger partial charge on any atom is 0.328 e. The number of unbranched alkanes of at least 4 members (excludes halogenated alkanes) is 2. The molecular weight excluding hydrogens is 350 g/mol. The lowest BCUT2D eigenvalue weighted by molar-refractivity contribution is -0.121. The van der Waals surface area contributed by atoms with E-state index in [1.54, 1.807) is 11.4 Å². The Balaban J connectivity index is 1.76. The first-order chi connectivity index (χ1) is 12.6. The largest absolute Gasteiger partial charge is 0.356 e. The molecular formula is C19H29N3O3S. The van der Waals surface area contributed by atoms with Crippen molar-refractivity contribution in [2.75, 3.05) is 6.54 Å². The summed E-state index contributed by atoms with van der Waals surface area (Å²) < 4.78 is 1.80. The molecule has 0 unspecified atom stereocenters. The molecule has 0 bridgehead atoms. The van der Waals surface area contributed by atoms with Gasteiger partial charge in [-0.25, -0.2) is 4.79 Å². The van der Waals surface area contributed by atoms with E-state index >= 15 is 0 Å². The number of H-pyrrole nitrogens is 1. The van der Waals surface area contributed by atoms with Crippen molar-refractivity contribution in [2.24, 2.45) is 5.92 Å². The molecule has 0 spiro atoms. The average Bonchev–Trinajstić information content (AvgIpc) is 3.09. The monoisotopic (exact) mass is 379 g/mol. The molecule has 0 aliphatic rings. The molecule has 6 nitrogen and oxygen atoms in total. The lowest BCUT2D eigenvalue weighted by Crippen LogP contribution is -2.34. The number of hydrogen-bond acceptors (Lipinski definition) is 4. The van der Waals surface area contributed by atoms with Crippen molar-refractivity contribution in [3.05, 3.63) is 32.3 Å². The Bertz CT molecular complexity index is 821.